The largest absolute Gasteiger partial charge is 0.497 e. The highest BCUT2D eigenvalue weighted by atomic mass is 35.5. The number of rotatable bonds is 11. The third-order valence-electron chi connectivity index (χ3n) is 4.17. The lowest BCUT2D eigenvalue weighted by Gasteiger charge is -2.18. The van der Waals surface area contributed by atoms with E-state index in [2.05, 4.69) is 15.5 Å². The van der Waals surface area contributed by atoms with Crippen LogP contribution in [0.1, 0.15) is 20.8 Å². The fourth-order valence-electron chi connectivity index (χ4n) is 2.70. The van der Waals surface area contributed by atoms with E-state index in [1.54, 1.807) is 37.3 Å². The van der Waals surface area contributed by atoms with Crippen LogP contribution in [-0.2, 0) is 9.59 Å². The minimum atomic E-state index is -1.41. The summed E-state index contributed by atoms with van der Waals surface area (Å²) in [5.74, 6) is 0.445. The molecule has 2 rings (SSSR count). The third kappa shape index (κ3) is 6.34. The van der Waals surface area contributed by atoms with E-state index in [9.17, 15) is 9.59 Å². The topological polar surface area (TPSA) is 108 Å². The molecule has 1 amide bonds. The highest BCUT2D eigenvalue weighted by Gasteiger charge is 2.26. The number of amides is 1. The second kappa shape index (κ2) is 11.9. The van der Waals surface area contributed by atoms with Crippen LogP contribution in [0.4, 0.5) is 11.4 Å². The molecule has 172 valence electrons. The van der Waals surface area contributed by atoms with Crippen LogP contribution in [0.3, 0.4) is 0 Å². The van der Waals surface area contributed by atoms with Gasteiger partial charge in [-0.2, -0.15) is 10.2 Å². The Balaban J connectivity index is 2.35. The summed E-state index contributed by atoms with van der Waals surface area (Å²) < 4.78 is 21.6. The number of Topliss-reactive ketones (excluding diaryl/α,β-unsaturated/α-hetero) is 1. The lowest BCUT2D eigenvalue weighted by Crippen LogP contribution is -2.32. The predicted octanol–water partition coefficient (Wildman–Crippen LogP) is 4.83. The summed E-state index contributed by atoms with van der Waals surface area (Å²) in [5, 5.41) is 10.8. The maximum atomic E-state index is 12.9. The molecule has 1 unspecified atom stereocenters. The standard InChI is InChI=1S/C22H26ClN3O6/c1-6-31-18-9-8-17(23)20(21(18)32-7-2)24-22(28)19(13(3)27)26-25-14-10-15(29-4)12-16(11-14)30-5/h8-12,19H,6-7H2,1-5H3,(H,24,28). The molecule has 0 saturated heterocycles. The Morgan fingerprint density at radius 1 is 1.03 bits per heavy atom. The number of ketones is 1. The van der Waals surface area contributed by atoms with Gasteiger partial charge >= 0.3 is 0 Å². The summed E-state index contributed by atoms with van der Waals surface area (Å²) in [7, 11) is 3.00. The van der Waals surface area contributed by atoms with Crippen LogP contribution in [0, 0.1) is 0 Å². The van der Waals surface area contributed by atoms with Gasteiger partial charge in [0.05, 0.1) is 38.1 Å². The molecule has 0 spiro atoms. The van der Waals surface area contributed by atoms with Gasteiger partial charge in [-0.05, 0) is 32.9 Å². The van der Waals surface area contributed by atoms with E-state index in [4.69, 9.17) is 30.5 Å². The first-order chi connectivity index (χ1) is 15.3. The van der Waals surface area contributed by atoms with Crippen molar-refractivity contribution in [2.45, 2.75) is 26.8 Å². The van der Waals surface area contributed by atoms with Gasteiger partial charge in [-0.1, -0.05) is 11.6 Å². The zero-order chi connectivity index (χ0) is 23.7. The van der Waals surface area contributed by atoms with Crippen molar-refractivity contribution in [2.75, 3.05) is 32.8 Å². The molecular formula is C22H26ClN3O6. The van der Waals surface area contributed by atoms with Gasteiger partial charge in [-0.3, -0.25) is 9.59 Å². The van der Waals surface area contributed by atoms with E-state index in [0.717, 1.165) is 0 Å². The van der Waals surface area contributed by atoms with E-state index < -0.39 is 17.7 Å². The number of ether oxygens (including phenoxy) is 4. The number of azo groups is 1. The fourth-order valence-corrected chi connectivity index (χ4v) is 2.89. The van der Waals surface area contributed by atoms with Gasteiger partial charge in [0, 0.05) is 18.2 Å². The Morgan fingerprint density at radius 2 is 1.66 bits per heavy atom. The minimum Gasteiger partial charge on any atom is -0.497 e. The number of methoxy groups -OCH3 is 2. The highest BCUT2D eigenvalue weighted by molar-refractivity contribution is 6.34. The average Bonchev–Trinajstić information content (AvgIpc) is 2.77. The van der Waals surface area contributed by atoms with Crippen LogP contribution >= 0.6 is 11.6 Å². The van der Waals surface area contributed by atoms with Crippen molar-refractivity contribution in [3.63, 3.8) is 0 Å². The van der Waals surface area contributed by atoms with E-state index >= 15 is 0 Å². The number of carbonyl (C=O) groups excluding carboxylic acids is 2. The van der Waals surface area contributed by atoms with E-state index in [-0.39, 0.29) is 16.5 Å². The molecule has 0 fully saturated rings. The molecule has 9 nitrogen and oxygen atoms in total. The molecule has 0 aliphatic carbocycles. The molecule has 32 heavy (non-hydrogen) atoms. The quantitative estimate of drug-likeness (QED) is 0.377. The summed E-state index contributed by atoms with van der Waals surface area (Å²) in [6.07, 6.45) is 0. The first-order valence-corrected chi connectivity index (χ1v) is 10.3. The zero-order valence-corrected chi connectivity index (χ0v) is 19.4. The molecule has 1 N–H and O–H groups in total. The summed E-state index contributed by atoms with van der Waals surface area (Å²) >= 11 is 6.29. The van der Waals surface area contributed by atoms with Crippen LogP contribution in [0.15, 0.2) is 40.6 Å². The fraction of sp³-hybridized carbons (Fsp3) is 0.364. The van der Waals surface area contributed by atoms with Crippen molar-refractivity contribution in [3.05, 3.63) is 35.4 Å². The molecule has 0 heterocycles. The molecule has 0 aliphatic heterocycles. The van der Waals surface area contributed by atoms with Crippen LogP contribution in [-0.4, -0.2) is 45.2 Å². The number of benzene rings is 2. The summed E-state index contributed by atoms with van der Waals surface area (Å²) in [6.45, 7) is 5.57. The van der Waals surface area contributed by atoms with Gasteiger partial charge in [0.2, 0.25) is 6.04 Å². The van der Waals surface area contributed by atoms with E-state index in [0.29, 0.717) is 36.1 Å². The Hall–Kier alpha value is -3.33. The zero-order valence-electron chi connectivity index (χ0n) is 18.6. The molecule has 0 saturated carbocycles. The van der Waals surface area contributed by atoms with Gasteiger partial charge in [-0.15, -0.1) is 0 Å². The van der Waals surface area contributed by atoms with Crippen molar-refractivity contribution < 1.29 is 28.5 Å². The number of halogens is 1. The van der Waals surface area contributed by atoms with Gasteiger partial charge in [0.1, 0.15) is 17.2 Å². The molecule has 1 atom stereocenters. The summed E-state index contributed by atoms with van der Waals surface area (Å²) in [5.41, 5.74) is 0.542. The smallest absolute Gasteiger partial charge is 0.258 e. The third-order valence-corrected chi connectivity index (χ3v) is 4.48. The van der Waals surface area contributed by atoms with Gasteiger partial charge in [0.25, 0.3) is 5.91 Å². The number of carbonyl (C=O) groups is 2. The lowest BCUT2D eigenvalue weighted by atomic mass is 10.2. The van der Waals surface area contributed by atoms with Crippen molar-refractivity contribution in [1.82, 2.24) is 0 Å². The highest BCUT2D eigenvalue weighted by Crippen LogP contribution is 2.41. The van der Waals surface area contributed by atoms with Gasteiger partial charge < -0.3 is 24.3 Å². The van der Waals surface area contributed by atoms with Crippen molar-refractivity contribution in [3.8, 4) is 23.0 Å². The summed E-state index contributed by atoms with van der Waals surface area (Å²) in [4.78, 5) is 25.1. The normalized spacial score (nSPS) is 11.7. The van der Waals surface area contributed by atoms with Gasteiger partial charge in [-0.25, -0.2) is 0 Å². The average molecular weight is 464 g/mol. The van der Waals surface area contributed by atoms with Crippen molar-refractivity contribution >= 4 is 34.7 Å². The molecular weight excluding hydrogens is 438 g/mol. The second-order valence-electron chi connectivity index (χ2n) is 6.40. The molecule has 0 radical (unpaired) electrons. The second-order valence-corrected chi connectivity index (χ2v) is 6.81. The maximum absolute atomic E-state index is 12.9. The first kappa shape index (κ1) is 24.9. The molecule has 10 heteroatoms. The van der Waals surface area contributed by atoms with Crippen LogP contribution in [0.5, 0.6) is 23.0 Å². The van der Waals surface area contributed by atoms with E-state index in [1.165, 1.54) is 21.1 Å². The number of hydrogen-bond donors (Lipinski definition) is 1. The van der Waals surface area contributed by atoms with Crippen molar-refractivity contribution in [2.24, 2.45) is 10.2 Å². The summed E-state index contributed by atoms with van der Waals surface area (Å²) in [6, 6.07) is 6.65. The Bertz CT molecular complexity index is 974. The Kier molecular flexibility index (Phi) is 9.27. The monoisotopic (exact) mass is 463 g/mol. The van der Waals surface area contributed by atoms with Crippen LogP contribution < -0.4 is 24.3 Å². The lowest BCUT2D eigenvalue weighted by molar-refractivity contribution is -0.126. The Morgan fingerprint density at radius 3 is 2.19 bits per heavy atom. The number of nitrogens with one attached hydrogen (secondary N) is 1. The Labute approximate surface area is 191 Å². The predicted molar refractivity (Wildman–Crippen MR) is 121 cm³/mol. The first-order valence-electron chi connectivity index (χ1n) is 9.87. The van der Waals surface area contributed by atoms with Crippen LogP contribution in [0.25, 0.3) is 0 Å². The number of nitrogens with zero attached hydrogens (tertiary/aromatic N) is 2. The number of anilines is 1. The molecule has 0 aromatic heterocycles. The van der Waals surface area contributed by atoms with Gasteiger partial charge in [0.15, 0.2) is 17.3 Å². The number of hydrogen-bond acceptors (Lipinski definition) is 8. The van der Waals surface area contributed by atoms with Crippen LogP contribution in [0.2, 0.25) is 5.02 Å². The van der Waals surface area contributed by atoms with E-state index in [1.807, 2.05) is 6.92 Å². The maximum Gasteiger partial charge on any atom is 0.258 e. The molecule has 2 aromatic carbocycles. The van der Waals surface area contributed by atoms with Crippen molar-refractivity contribution in [1.29, 1.82) is 0 Å². The molecule has 0 aliphatic rings. The SMILES string of the molecule is CCOc1ccc(Cl)c(NC(=O)C(N=Nc2cc(OC)cc(OC)c2)C(C)=O)c1OCC. The minimum absolute atomic E-state index is 0.189. The molecule has 2 aromatic rings. The molecule has 0 bridgehead atoms.